The van der Waals surface area contributed by atoms with Crippen LogP contribution in [0.2, 0.25) is 0 Å². The van der Waals surface area contributed by atoms with Gasteiger partial charge in [0.05, 0.1) is 13.2 Å². The predicted octanol–water partition coefficient (Wildman–Crippen LogP) is -0.618. The Kier molecular flexibility index (Phi) is 6.11. The molecule has 2 rings (SSSR count). The van der Waals surface area contributed by atoms with Crippen LogP contribution in [0.4, 0.5) is 0 Å². The second-order valence-electron chi connectivity index (χ2n) is 7.18. The van der Waals surface area contributed by atoms with Crippen LogP contribution in [0.5, 0.6) is 0 Å². The molecular weight excluding hydrogens is 352 g/mol. The number of guanidine groups is 4. The Morgan fingerprint density at radius 2 is 1.07 bits per heavy atom. The molecule has 0 saturated carbocycles. The summed E-state index contributed by atoms with van der Waals surface area (Å²) in [5.41, 5.74) is 21.6. The first-order valence-corrected chi connectivity index (χ1v) is 8.78. The predicted molar refractivity (Wildman–Crippen MR) is 104 cm³/mol. The molecule has 0 aliphatic carbocycles. The van der Waals surface area contributed by atoms with Crippen LogP contribution < -0.4 is 22.9 Å². The monoisotopic (exact) mass is 382 g/mol. The summed E-state index contributed by atoms with van der Waals surface area (Å²) in [6, 6.07) is 0. The summed E-state index contributed by atoms with van der Waals surface area (Å²) < 4.78 is 0. The highest BCUT2D eigenvalue weighted by Gasteiger charge is 2.34. The van der Waals surface area contributed by atoms with E-state index in [4.69, 9.17) is 32.6 Å². The van der Waals surface area contributed by atoms with E-state index in [0.29, 0.717) is 13.2 Å². The highest BCUT2D eigenvalue weighted by Crippen LogP contribution is 2.21. The largest absolute Gasteiger partial charge is 0.368 e. The van der Waals surface area contributed by atoms with Gasteiger partial charge in [-0.05, 0) is 47.0 Å². The molecule has 12 nitrogen and oxygen atoms in total. The number of hydroxylamine groups is 4. The SMILES string of the molecule is CC1(C)N=C(N)N=C(N)N1OCCCCCON1C(N)=NC(N)=NC1(C)C. The van der Waals surface area contributed by atoms with Crippen molar-refractivity contribution in [3.8, 4) is 0 Å². The molecule has 0 aromatic rings. The Morgan fingerprint density at radius 3 is 1.41 bits per heavy atom. The van der Waals surface area contributed by atoms with Crippen molar-refractivity contribution < 1.29 is 9.68 Å². The number of aliphatic imine (C=N–C) groups is 4. The standard InChI is InChI=1S/C15H30N10O2/c1-14(2)22-10(16)20-12(18)24(14)26-8-6-5-7-9-27-25-13(19)21-11(17)23-15(25,3)4/h5-9H2,1-4H3,(H4,16,18,20,22)(H4,17,19,21,23). The van der Waals surface area contributed by atoms with Crippen molar-refractivity contribution in [2.45, 2.75) is 58.3 Å². The fourth-order valence-corrected chi connectivity index (χ4v) is 2.73. The van der Waals surface area contributed by atoms with Gasteiger partial charge in [0.2, 0.25) is 23.8 Å². The number of hydrogen-bond acceptors (Lipinski definition) is 12. The quantitative estimate of drug-likeness (QED) is 0.401. The molecule has 0 unspecified atom stereocenters. The minimum atomic E-state index is -0.696. The zero-order valence-corrected chi connectivity index (χ0v) is 16.3. The van der Waals surface area contributed by atoms with Gasteiger partial charge in [-0.2, -0.15) is 20.1 Å². The zero-order chi connectivity index (χ0) is 20.2. The molecule has 0 atom stereocenters. The molecule has 2 heterocycles. The number of unbranched alkanes of at least 4 members (excludes halogenated alkanes) is 2. The number of rotatable bonds is 8. The van der Waals surface area contributed by atoms with Crippen molar-refractivity contribution in [3.05, 3.63) is 0 Å². The third-order valence-corrected chi connectivity index (χ3v) is 3.87. The van der Waals surface area contributed by atoms with Gasteiger partial charge in [-0.25, -0.2) is 9.98 Å². The average Bonchev–Trinajstić information content (AvgIpc) is 2.48. The molecule has 0 aromatic heterocycles. The van der Waals surface area contributed by atoms with Crippen LogP contribution in [-0.4, -0.2) is 58.5 Å². The van der Waals surface area contributed by atoms with E-state index < -0.39 is 11.3 Å². The van der Waals surface area contributed by atoms with Crippen molar-refractivity contribution in [2.24, 2.45) is 42.9 Å². The van der Waals surface area contributed by atoms with E-state index >= 15 is 0 Å². The van der Waals surface area contributed by atoms with Crippen LogP contribution in [0.3, 0.4) is 0 Å². The maximum Gasteiger partial charge on any atom is 0.226 e. The molecule has 0 radical (unpaired) electrons. The van der Waals surface area contributed by atoms with Crippen molar-refractivity contribution in [1.82, 2.24) is 10.1 Å². The third kappa shape index (κ3) is 5.20. The Hall–Kier alpha value is -2.60. The lowest BCUT2D eigenvalue weighted by Gasteiger charge is -2.37. The van der Waals surface area contributed by atoms with E-state index in [1.54, 1.807) is 0 Å². The van der Waals surface area contributed by atoms with E-state index in [0.717, 1.165) is 19.3 Å². The van der Waals surface area contributed by atoms with E-state index in [1.165, 1.54) is 10.1 Å². The van der Waals surface area contributed by atoms with Gasteiger partial charge < -0.3 is 22.9 Å². The van der Waals surface area contributed by atoms with Crippen LogP contribution >= 0.6 is 0 Å². The van der Waals surface area contributed by atoms with E-state index in [9.17, 15) is 0 Å². The Bertz CT molecular complexity index is 612. The van der Waals surface area contributed by atoms with Crippen molar-refractivity contribution in [1.29, 1.82) is 0 Å². The van der Waals surface area contributed by atoms with Gasteiger partial charge in [0.25, 0.3) is 0 Å². The summed E-state index contributed by atoms with van der Waals surface area (Å²) in [6.07, 6.45) is 2.49. The van der Waals surface area contributed by atoms with Crippen LogP contribution in [0.1, 0.15) is 47.0 Å². The maximum atomic E-state index is 5.86. The molecule has 0 bridgehead atoms. The average molecular weight is 382 g/mol. The summed E-state index contributed by atoms with van der Waals surface area (Å²) in [5.74, 6) is 0.670. The summed E-state index contributed by atoms with van der Waals surface area (Å²) >= 11 is 0. The molecule has 0 aromatic carbocycles. The van der Waals surface area contributed by atoms with Gasteiger partial charge in [0.15, 0.2) is 11.3 Å². The van der Waals surface area contributed by atoms with Crippen LogP contribution in [0.15, 0.2) is 20.0 Å². The molecule has 152 valence electrons. The molecule has 8 N–H and O–H groups in total. The van der Waals surface area contributed by atoms with Crippen LogP contribution in [0, 0.1) is 0 Å². The molecule has 0 fully saturated rings. The van der Waals surface area contributed by atoms with Gasteiger partial charge >= 0.3 is 0 Å². The molecule has 0 saturated heterocycles. The molecule has 12 heteroatoms. The third-order valence-electron chi connectivity index (χ3n) is 3.87. The summed E-state index contributed by atoms with van der Waals surface area (Å²) in [5, 5.41) is 2.94. The van der Waals surface area contributed by atoms with Crippen molar-refractivity contribution >= 4 is 23.8 Å². The number of nitrogens with two attached hydrogens (primary N) is 4. The zero-order valence-electron chi connectivity index (χ0n) is 16.3. The number of nitrogens with zero attached hydrogens (tertiary/aromatic N) is 6. The van der Waals surface area contributed by atoms with Crippen LogP contribution in [-0.2, 0) is 9.68 Å². The fraction of sp³-hybridized carbons (Fsp3) is 0.733. The van der Waals surface area contributed by atoms with Crippen LogP contribution in [0.25, 0.3) is 0 Å². The van der Waals surface area contributed by atoms with Gasteiger partial charge in [-0.3, -0.25) is 9.68 Å². The van der Waals surface area contributed by atoms with Gasteiger partial charge in [-0.15, -0.1) is 0 Å². The molecule has 2 aliphatic heterocycles. The molecule has 0 amide bonds. The Morgan fingerprint density at radius 1 is 0.704 bits per heavy atom. The maximum absolute atomic E-state index is 5.86. The first-order valence-electron chi connectivity index (χ1n) is 8.78. The fourth-order valence-electron chi connectivity index (χ4n) is 2.73. The van der Waals surface area contributed by atoms with Gasteiger partial charge in [-0.1, -0.05) is 0 Å². The topological polar surface area (TPSA) is 178 Å². The normalized spacial score (nSPS) is 21.3. The second-order valence-corrected chi connectivity index (χ2v) is 7.18. The minimum Gasteiger partial charge on any atom is -0.368 e. The summed E-state index contributed by atoms with van der Waals surface area (Å²) in [7, 11) is 0. The lowest BCUT2D eigenvalue weighted by atomic mass is 10.2. The second kappa shape index (κ2) is 7.96. The van der Waals surface area contributed by atoms with E-state index in [1.807, 2.05) is 27.7 Å². The van der Waals surface area contributed by atoms with Crippen molar-refractivity contribution in [3.63, 3.8) is 0 Å². The Labute approximate surface area is 158 Å². The highest BCUT2D eigenvalue weighted by molar-refractivity contribution is 5.95. The van der Waals surface area contributed by atoms with Gasteiger partial charge in [0.1, 0.15) is 0 Å². The molecule has 0 spiro atoms. The highest BCUT2D eigenvalue weighted by atomic mass is 16.7. The molecular formula is C15H30N10O2. The Balaban J connectivity index is 1.67. The lowest BCUT2D eigenvalue weighted by molar-refractivity contribution is -0.163. The van der Waals surface area contributed by atoms with Gasteiger partial charge in [0, 0.05) is 0 Å². The summed E-state index contributed by atoms with van der Waals surface area (Å²) in [4.78, 5) is 27.7. The first kappa shape index (κ1) is 20.7. The number of hydrogen-bond donors (Lipinski definition) is 4. The van der Waals surface area contributed by atoms with E-state index in [2.05, 4.69) is 20.0 Å². The smallest absolute Gasteiger partial charge is 0.226 e. The summed E-state index contributed by atoms with van der Waals surface area (Å²) in [6.45, 7) is 8.31. The molecule has 2 aliphatic rings. The van der Waals surface area contributed by atoms with E-state index in [-0.39, 0.29) is 23.8 Å². The molecule has 27 heavy (non-hydrogen) atoms. The lowest BCUT2D eigenvalue weighted by Crippen LogP contribution is -2.53. The first-order chi connectivity index (χ1) is 12.5. The minimum absolute atomic E-state index is 0.143. The van der Waals surface area contributed by atoms with Crippen molar-refractivity contribution in [2.75, 3.05) is 13.2 Å².